The number of ether oxygens (including phenoxy) is 2. The molecular weight excluding hydrogens is 143 g/mol. The summed E-state index contributed by atoms with van der Waals surface area (Å²) in [5.41, 5.74) is 0. The molecule has 0 aliphatic heterocycles. The lowest BCUT2D eigenvalue weighted by Gasteiger charge is -1.98. The topological polar surface area (TPSA) is 52.6 Å². The number of carbonyl (C=O) groups is 2. The molecule has 0 aromatic rings. The minimum atomic E-state index is -1.32. The lowest BCUT2D eigenvalue weighted by molar-refractivity contribution is -0.140. The maximum atomic E-state index is 11.3. The van der Waals surface area contributed by atoms with Gasteiger partial charge in [-0.25, -0.2) is 14.0 Å². The highest BCUT2D eigenvalue weighted by Gasteiger charge is 2.09. The first-order valence-corrected chi connectivity index (χ1v) is 2.64. The Hall–Kier alpha value is -1.13. The molecule has 0 aliphatic carbocycles. The number of rotatable bonds is 2. The Labute approximate surface area is 56.9 Å². The summed E-state index contributed by atoms with van der Waals surface area (Å²) in [4.78, 5) is 20.2. The fourth-order valence-electron chi connectivity index (χ4n) is 0.268. The van der Waals surface area contributed by atoms with Gasteiger partial charge in [0.25, 0.3) is 0 Å². The Balaban J connectivity index is 3.47. The van der Waals surface area contributed by atoms with Gasteiger partial charge in [0.05, 0.1) is 6.61 Å². The van der Waals surface area contributed by atoms with Crippen molar-refractivity contribution in [3.63, 3.8) is 0 Å². The maximum absolute atomic E-state index is 11.3. The number of esters is 1. The molecule has 0 saturated carbocycles. The Bertz CT molecular complexity index is 134. The fraction of sp³-hybridized carbons (Fsp3) is 0.600. The van der Waals surface area contributed by atoms with Gasteiger partial charge < -0.3 is 9.47 Å². The summed E-state index contributed by atoms with van der Waals surface area (Å²) in [6.45, 7) is 0.318. The monoisotopic (exact) mass is 150 g/mol. The second-order valence-corrected chi connectivity index (χ2v) is 1.29. The summed E-state index contributed by atoms with van der Waals surface area (Å²) in [7, 11) is 0. The third-order valence-electron chi connectivity index (χ3n) is 0.568. The van der Waals surface area contributed by atoms with Gasteiger partial charge in [0.2, 0.25) is 0 Å². The summed E-state index contributed by atoms with van der Waals surface area (Å²) in [5.74, 6) is -1.24. The van der Waals surface area contributed by atoms with Gasteiger partial charge in [0.1, 0.15) is 0 Å². The number of alkyl halides is 1. The minimum absolute atomic E-state index is 0.0956. The fourth-order valence-corrected chi connectivity index (χ4v) is 0.268. The van der Waals surface area contributed by atoms with Crippen molar-refractivity contribution in [1.29, 1.82) is 0 Å². The average Bonchev–Trinajstić information content (AvgIpc) is 1.88. The van der Waals surface area contributed by atoms with Crippen molar-refractivity contribution in [3.05, 3.63) is 0 Å². The van der Waals surface area contributed by atoms with Crippen LogP contribution in [-0.4, -0.2) is 25.4 Å². The molecule has 4 nitrogen and oxygen atoms in total. The molecule has 0 aromatic heterocycles. The third kappa shape index (κ3) is 3.82. The van der Waals surface area contributed by atoms with Gasteiger partial charge in [0.15, 0.2) is 6.67 Å². The van der Waals surface area contributed by atoms with E-state index in [9.17, 15) is 14.0 Å². The first kappa shape index (κ1) is 8.87. The summed E-state index contributed by atoms with van der Waals surface area (Å²) < 4.78 is 19.2. The number of hydrogen-bond acceptors (Lipinski definition) is 4. The molecule has 0 unspecified atom stereocenters. The minimum Gasteiger partial charge on any atom is -0.434 e. The van der Waals surface area contributed by atoms with Crippen LogP contribution in [0, 0.1) is 0 Å². The smallest absolute Gasteiger partial charge is 0.434 e. The molecule has 0 aromatic carbocycles. The zero-order chi connectivity index (χ0) is 7.98. The van der Waals surface area contributed by atoms with Crippen LogP contribution in [0.1, 0.15) is 6.92 Å². The molecule has 0 amide bonds. The first-order chi connectivity index (χ1) is 4.70. The van der Waals surface area contributed by atoms with E-state index in [1.807, 2.05) is 0 Å². The first-order valence-electron chi connectivity index (χ1n) is 2.64. The van der Waals surface area contributed by atoms with E-state index in [4.69, 9.17) is 0 Å². The highest BCUT2D eigenvalue weighted by Crippen LogP contribution is 1.86. The van der Waals surface area contributed by atoms with E-state index in [0.29, 0.717) is 0 Å². The second-order valence-electron chi connectivity index (χ2n) is 1.29. The van der Waals surface area contributed by atoms with Gasteiger partial charge in [-0.05, 0) is 6.92 Å². The van der Waals surface area contributed by atoms with Gasteiger partial charge >= 0.3 is 12.1 Å². The molecule has 0 atom stereocenters. The van der Waals surface area contributed by atoms with E-state index in [-0.39, 0.29) is 6.61 Å². The molecule has 0 aliphatic rings. The molecule has 0 saturated heterocycles. The van der Waals surface area contributed by atoms with Gasteiger partial charge in [-0.2, -0.15) is 0 Å². The summed E-state index contributed by atoms with van der Waals surface area (Å²) in [5, 5.41) is 0. The molecule has 5 heteroatoms. The zero-order valence-electron chi connectivity index (χ0n) is 5.43. The van der Waals surface area contributed by atoms with Crippen molar-refractivity contribution in [3.8, 4) is 0 Å². The normalized spacial score (nSPS) is 8.60. The summed E-state index contributed by atoms with van der Waals surface area (Å²) in [6, 6.07) is 0. The van der Waals surface area contributed by atoms with Crippen LogP contribution < -0.4 is 0 Å². The van der Waals surface area contributed by atoms with E-state index < -0.39 is 18.8 Å². The van der Waals surface area contributed by atoms with Gasteiger partial charge in [-0.3, -0.25) is 0 Å². The van der Waals surface area contributed by atoms with Crippen LogP contribution in [0.15, 0.2) is 0 Å². The molecule has 0 heterocycles. The SMILES string of the molecule is CCOC(=O)OC(=O)CF. The zero-order valence-corrected chi connectivity index (χ0v) is 5.43. The van der Waals surface area contributed by atoms with Crippen LogP contribution in [0.25, 0.3) is 0 Å². The number of carbonyl (C=O) groups excluding carboxylic acids is 2. The summed E-state index contributed by atoms with van der Waals surface area (Å²) >= 11 is 0. The van der Waals surface area contributed by atoms with Crippen LogP contribution in [0.5, 0.6) is 0 Å². The Kier molecular flexibility index (Phi) is 4.19. The lowest BCUT2D eigenvalue weighted by atomic mass is 10.8. The van der Waals surface area contributed by atoms with E-state index in [1.54, 1.807) is 6.92 Å². The van der Waals surface area contributed by atoms with Crippen molar-refractivity contribution in [2.45, 2.75) is 6.92 Å². The number of halogens is 1. The van der Waals surface area contributed by atoms with Crippen LogP contribution in [-0.2, 0) is 14.3 Å². The molecule has 0 radical (unpaired) electrons. The molecule has 58 valence electrons. The van der Waals surface area contributed by atoms with Crippen LogP contribution in [0.2, 0.25) is 0 Å². The van der Waals surface area contributed by atoms with Crippen molar-refractivity contribution in [2.75, 3.05) is 13.3 Å². The van der Waals surface area contributed by atoms with Gasteiger partial charge in [-0.1, -0.05) is 0 Å². The Morgan fingerprint density at radius 2 is 2.10 bits per heavy atom. The highest BCUT2D eigenvalue weighted by atomic mass is 19.1. The van der Waals surface area contributed by atoms with Gasteiger partial charge in [-0.15, -0.1) is 0 Å². The van der Waals surface area contributed by atoms with Crippen molar-refractivity contribution in [2.24, 2.45) is 0 Å². The predicted octanol–water partition coefficient (Wildman–Crippen LogP) is 0.656. The highest BCUT2D eigenvalue weighted by molar-refractivity contribution is 5.82. The standard InChI is InChI=1S/C5H7FO4/c1-2-9-5(8)10-4(7)3-6/h2-3H2,1H3. The molecule has 0 rings (SSSR count). The average molecular weight is 150 g/mol. The van der Waals surface area contributed by atoms with Crippen LogP contribution in [0.4, 0.5) is 9.18 Å². The molecule has 10 heavy (non-hydrogen) atoms. The quantitative estimate of drug-likeness (QED) is 0.428. The maximum Gasteiger partial charge on any atom is 0.516 e. The molecule has 0 N–H and O–H groups in total. The lowest BCUT2D eigenvalue weighted by Crippen LogP contribution is -2.14. The van der Waals surface area contributed by atoms with E-state index in [1.165, 1.54) is 0 Å². The molecule has 0 spiro atoms. The predicted molar refractivity (Wildman–Crippen MR) is 29.1 cm³/mol. The van der Waals surface area contributed by atoms with Gasteiger partial charge in [0, 0.05) is 0 Å². The Morgan fingerprint density at radius 1 is 1.50 bits per heavy atom. The molecule has 0 bridgehead atoms. The molecule has 0 fully saturated rings. The van der Waals surface area contributed by atoms with E-state index in [2.05, 4.69) is 9.47 Å². The van der Waals surface area contributed by atoms with Crippen LogP contribution >= 0.6 is 0 Å². The van der Waals surface area contributed by atoms with E-state index in [0.717, 1.165) is 0 Å². The largest absolute Gasteiger partial charge is 0.516 e. The molecular formula is C5H7FO4. The van der Waals surface area contributed by atoms with Crippen molar-refractivity contribution < 1.29 is 23.5 Å². The van der Waals surface area contributed by atoms with Crippen molar-refractivity contribution in [1.82, 2.24) is 0 Å². The second kappa shape index (κ2) is 4.72. The number of hydrogen-bond donors (Lipinski definition) is 0. The van der Waals surface area contributed by atoms with Crippen LogP contribution in [0.3, 0.4) is 0 Å². The Morgan fingerprint density at radius 3 is 2.50 bits per heavy atom. The van der Waals surface area contributed by atoms with Crippen molar-refractivity contribution >= 4 is 12.1 Å². The third-order valence-corrected chi connectivity index (χ3v) is 0.568. The van der Waals surface area contributed by atoms with E-state index >= 15 is 0 Å². The summed E-state index contributed by atoms with van der Waals surface area (Å²) in [6.07, 6.45) is -1.16.